The maximum Gasteiger partial charge on any atom is 0.279 e. The Hall–Kier alpha value is -1.91. The van der Waals surface area contributed by atoms with Crippen LogP contribution in [0, 0.1) is 0 Å². The van der Waals surface area contributed by atoms with Crippen LogP contribution < -0.4 is 5.32 Å². The van der Waals surface area contributed by atoms with E-state index in [2.05, 4.69) is 32.7 Å². The molecule has 0 atom stereocenters. The summed E-state index contributed by atoms with van der Waals surface area (Å²) in [6.45, 7) is 7.44. The molecule has 0 saturated heterocycles. The van der Waals surface area contributed by atoms with Crippen molar-refractivity contribution < 1.29 is 14.3 Å². The van der Waals surface area contributed by atoms with Crippen LogP contribution in [0.15, 0.2) is 6.20 Å². The van der Waals surface area contributed by atoms with Gasteiger partial charge in [0.05, 0.1) is 12.7 Å². The fourth-order valence-electron chi connectivity index (χ4n) is 2.79. The maximum absolute atomic E-state index is 12.4. The summed E-state index contributed by atoms with van der Waals surface area (Å²) < 4.78 is 12.5. The molecule has 0 unspecified atom stereocenters. The smallest absolute Gasteiger partial charge is 0.279 e. The second kappa shape index (κ2) is 13.3. The number of anilines is 1. The van der Waals surface area contributed by atoms with Crippen molar-refractivity contribution in [3.05, 3.63) is 16.9 Å². The first kappa shape index (κ1) is 23.4. The molecule has 0 spiro atoms. The molecule has 2 heterocycles. The Balaban J connectivity index is 1.79. The lowest BCUT2D eigenvalue weighted by Gasteiger charge is -2.16. The van der Waals surface area contributed by atoms with Crippen LogP contribution in [0.1, 0.15) is 74.8 Å². The highest BCUT2D eigenvalue weighted by Crippen LogP contribution is 2.18. The summed E-state index contributed by atoms with van der Waals surface area (Å²) in [5.74, 6) is -0.358. The van der Waals surface area contributed by atoms with Crippen LogP contribution >= 0.6 is 11.3 Å². The lowest BCUT2D eigenvalue weighted by Crippen LogP contribution is -2.24. The summed E-state index contributed by atoms with van der Waals surface area (Å²) in [5.41, 5.74) is 0.212. The van der Waals surface area contributed by atoms with E-state index in [0.29, 0.717) is 24.9 Å². The van der Waals surface area contributed by atoms with E-state index in [1.54, 1.807) is 6.20 Å². The molecule has 10 heteroatoms. The second-order valence-corrected chi connectivity index (χ2v) is 7.70. The zero-order valence-electron chi connectivity index (χ0n) is 17.6. The van der Waals surface area contributed by atoms with Crippen LogP contribution in [0.5, 0.6) is 0 Å². The number of unbranched alkanes of at least 4 members (excludes halogenated alkanes) is 5. The number of hydrogen-bond acceptors (Lipinski definition) is 8. The van der Waals surface area contributed by atoms with E-state index in [-0.39, 0.29) is 11.6 Å². The Morgan fingerprint density at radius 1 is 1.07 bits per heavy atom. The van der Waals surface area contributed by atoms with Crippen LogP contribution in [0.2, 0.25) is 0 Å². The van der Waals surface area contributed by atoms with Gasteiger partial charge in [0, 0.05) is 19.6 Å². The number of carbonyl (C=O) groups excluding carboxylic acids is 1. The summed E-state index contributed by atoms with van der Waals surface area (Å²) in [7, 11) is 0. The lowest BCUT2D eigenvalue weighted by molar-refractivity contribution is -0.145. The summed E-state index contributed by atoms with van der Waals surface area (Å²) in [6, 6.07) is 0. The summed E-state index contributed by atoms with van der Waals surface area (Å²) in [6.07, 6.45) is 9.46. The summed E-state index contributed by atoms with van der Waals surface area (Å²) in [5, 5.41) is 20.3. The predicted octanol–water partition coefficient (Wildman–Crippen LogP) is 3.68. The Kier molecular flexibility index (Phi) is 10.7. The average Bonchev–Trinajstić information content (AvgIpc) is 3.35. The molecule has 29 heavy (non-hydrogen) atoms. The van der Waals surface area contributed by atoms with Crippen molar-refractivity contribution in [2.45, 2.75) is 78.6 Å². The normalized spacial score (nSPS) is 11.3. The van der Waals surface area contributed by atoms with Crippen molar-refractivity contribution in [1.29, 1.82) is 0 Å². The molecule has 0 saturated carbocycles. The number of nitrogens with zero attached hydrogens (tertiary/aromatic N) is 5. The van der Waals surface area contributed by atoms with Crippen molar-refractivity contribution in [2.75, 3.05) is 18.5 Å². The molecule has 0 aliphatic carbocycles. The van der Waals surface area contributed by atoms with Crippen molar-refractivity contribution in [3.63, 3.8) is 0 Å². The number of nitrogens with one attached hydrogen (secondary N) is 1. The molecule has 1 amide bonds. The van der Waals surface area contributed by atoms with Crippen LogP contribution in [-0.4, -0.2) is 50.6 Å². The number of aryl methyl sites for hydroxylation is 1. The largest absolute Gasteiger partial charge is 0.351 e. The SMILES string of the molecule is CCCCCCCCc1nnc(NC(=O)c2cn(CC(OCC)OCC)nn2)s1. The topological polar surface area (TPSA) is 104 Å². The van der Waals surface area contributed by atoms with Crippen molar-refractivity contribution in [2.24, 2.45) is 0 Å². The van der Waals surface area contributed by atoms with E-state index in [1.807, 2.05) is 13.8 Å². The van der Waals surface area contributed by atoms with Crippen molar-refractivity contribution >= 4 is 22.4 Å². The minimum atomic E-state index is -0.421. The molecule has 9 nitrogen and oxygen atoms in total. The van der Waals surface area contributed by atoms with Crippen LogP contribution in [0.25, 0.3) is 0 Å². The third kappa shape index (κ3) is 8.55. The summed E-state index contributed by atoms with van der Waals surface area (Å²) in [4.78, 5) is 12.4. The average molecular weight is 425 g/mol. The minimum absolute atomic E-state index is 0.212. The fraction of sp³-hybridized carbons (Fsp3) is 0.737. The number of carbonyl (C=O) groups is 1. The number of hydrogen-bond donors (Lipinski definition) is 1. The highest BCUT2D eigenvalue weighted by molar-refractivity contribution is 7.15. The van der Waals surface area contributed by atoms with E-state index in [0.717, 1.165) is 17.8 Å². The first-order valence-electron chi connectivity index (χ1n) is 10.4. The molecule has 1 N–H and O–H groups in total. The van der Waals surface area contributed by atoms with E-state index >= 15 is 0 Å². The molecule has 162 valence electrons. The molecular formula is C19H32N6O3S. The van der Waals surface area contributed by atoms with Gasteiger partial charge in [-0.2, -0.15) is 0 Å². The Morgan fingerprint density at radius 2 is 1.79 bits per heavy atom. The Bertz CT molecular complexity index is 714. The minimum Gasteiger partial charge on any atom is -0.351 e. The zero-order chi connectivity index (χ0) is 20.9. The van der Waals surface area contributed by atoms with Crippen molar-refractivity contribution in [3.8, 4) is 0 Å². The van der Waals surface area contributed by atoms with Gasteiger partial charge in [0.2, 0.25) is 5.13 Å². The zero-order valence-corrected chi connectivity index (χ0v) is 18.4. The van der Waals surface area contributed by atoms with Crippen LogP contribution in [0.3, 0.4) is 0 Å². The molecule has 0 fully saturated rings. The molecular weight excluding hydrogens is 392 g/mol. The van der Waals surface area contributed by atoms with Gasteiger partial charge in [-0.25, -0.2) is 4.68 Å². The Labute approximate surface area is 176 Å². The maximum atomic E-state index is 12.4. The van der Waals surface area contributed by atoms with Gasteiger partial charge in [-0.1, -0.05) is 55.6 Å². The van der Waals surface area contributed by atoms with Crippen LogP contribution in [0.4, 0.5) is 5.13 Å². The van der Waals surface area contributed by atoms with E-state index in [1.165, 1.54) is 48.1 Å². The number of amides is 1. The molecule has 0 aliphatic rings. The van der Waals surface area contributed by atoms with Gasteiger partial charge in [0.1, 0.15) is 5.01 Å². The fourth-order valence-corrected chi connectivity index (χ4v) is 3.57. The molecule has 2 rings (SSSR count). The monoisotopic (exact) mass is 424 g/mol. The molecule has 0 aromatic carbocycles. The third-order valence-electron chi connectivity index (χ3n) is 4.24. The number of ether oxygens (including phenoxy) is 2. The quantitative estimate of drug-likeness (QED) is 0.343. The molecule has 0 bridgehead atoms. The highest BCUT2D eigenvalue weighted by atomic mass is 32.1. The molecule has 0 radical (unpaired) electrons. The predicted molar refractivity (Wildman–Crippen MR) is 112 cm³/mol. The van der Waals surface area contributed by atoms with Crippen molar-refractivity contribution in [1.82, 2.24) is 25.2 Å². The number of aromatic nitrogens is 5. The van der Waals surface area contributed by atoms with Gasteiger partial charge in [-0.05, 0) is 20.3 Å². The van der Waals surface area contributed by atoms with Crippen LogP contribution in [-0.2, 0) is 22.4 Å². The number of rotatable bonds is 15. The first-order valence-corrected chi connectivity index (χ1v) is 11.2. The van der Waals surface area contributed by atoms with E-state index < -0.39 is 6.29 Å². The van der Waals surface area contributed by atoms with Gasteiger partial charge in [-0.3, -0.25) is 10.1 Å². The molecule has 2 aromatic rings. The van der Waals surface area contributed by atoms with Gasteiger partial charge < -0.3 is 9.47 Å². The Morgan fingerprint density at radius 3 is 2.52 bits per heavy atom. The van der Waals surface area contributed by atoms with Gasteiger partial charge in [-0.15, -0.1) is 15.3 Å². The highest BCUT2D eigenvalue weighted by Gasteiger charge is 2.16. The van der Waals surface area contributed by atoms with E-state index in [4.69, 9.17) is 9.47 Å². The van der Waals surface area contributed by atoms with Gasteiger partial charge >= 0.3 is 0 Å². The third-order valence-corrected chi connectivity index (χ3v) is 5.14. The standard InChI is InChI=1S/C19H32N6O3S/c1-4-7-8-9-10-11-12-16-22-23-19(29-16)20-18(26)15-13-25(24-21-15)14-17(27-5-2)28-6-3/h13,17H,4-12,14H2,1-3H3,(H,20,23,26). The lowest BCUT2D eigenvalue weighted by atomic mass is 10.1. The molecule has 2 aromatic heterocycles. The van der Waals surface area contributed by atoms with E-state index in [9.17, 15) is 4.79 Å². The first-order chi connectivity index (χ1) is 14.2. The molecule has 0 aliphatic heterocycles. The van der Waals surface area contributed by atoms with Gasteiger partial charge in [0.15, 0.2) is 12.0 Å². The van der Waals surface area contributed by atoms with Gasteiger partial charge in [0.25, 0.3) is 5.91 Å². The second-order valence-electron chi connectivity index (χ2n) is 6.64. The summed E-state index contributed by atoms with van der Waals surface area (Å²) >= 11 is 1.41.